The first-order valence-electron chi connectivity index (χ1n) is 7.32. The predicted octanol–water partition coefficient (Wildman–Crippen LogP) is 3.14. The second kappa shape index (κ2) is 8.33. The van der Waals surface area contributed by atoms with Crippen molar-refractivity contribution in [2.45, 2.75) is 13.0 Å². The van der Waals surface area contributed by atoms with E-state index in [0.717, 1.165) is 11.8 Å². The number of carbonyl (C=O) groups is 1. The Morgan fingerprint density at radius 1 is 1.16 bits per heavy atom. The molecule has 0 unspecified atom stereocenters. The highest BCUT2D eigenvalue weighted by Gasteiger charge is 2.09. The van der Waals surface area contributed by atoms with Crippen molar-refractivity contribution in [1.29, 1.82) is 0 Å². The summed E-state index contributed by atoms with van der Waals surface area (Å²) in [5.41, 5.74) is 1.71. The molecular formula is C17H17ClO6S. The molecule has 0 saturated heterocycles. The Kier molecular flexibility index (Phi) is 6.41. The van der Waals surface area contributed by atoms with E-state index in [1.165, 1.54) is 12.1 Å². The maximum absolute atomic E-state index is 11.1. The minimum absolute atomic E-state index is 0.140. The van der Waals surface area contributed by atoms with E-state index in [4.69, 9.17) is 25.6 Å². The van der Waals surface area contributed by atoms with Crippen LogP contribution < -0.4 is 4.74 Å². The summed E-state index contributed by atoms with van der Waals surface area (Å²) in [6.45, 7) is 0.178. The lowest BCUT2D eigenvalue weighted by Gasteiger charge is -2.12. The van der Waals surface area contributed by atoms with Crippen molar-refractivity contribution >= 4 is 27.7 Å². The van der Waals surface area contributed by atoms with Gasteiger partial charge < -0.3 is 9.84 Å². The van der Waals surface area contributed by atoms with Gasteiger partial charge in [0.25, 0.3) is 10.1 Å². The van der Waals surface area contributed by atoms with Crippen molar-refractivity contribution in [2.24, 2.45) is 0 Å². The van der Waals surface area contributed by atoms with Crippen LogP contribution in [-0.4, -0.2) is 32.4 Å². The smallest absolute Gasteiger partial charge is 0.335 e. The number of ether oxygens (including phenoxy) is 1. The zero-order valence-corrected chi connectivity index (χ0v) is 15.0. The number of aromatic carboxylic acids is 1. The van der Waals surface area contributed by atoms with E-state index < -0.39 is 16.1 Å². The molecule has 0 aromatic heterocycles. The fourth-order valence-electron chi connectivity index (χ4n) is 2.05. The van der Waals surface area contributed by atoms with Gasteiger partial charge in [-0.05, 0) is 29.8 Å². The average Bonchev–Trinajstić information content (AvgIpc) is 2.53. The van der Waals surface area contributed by atoms with Crippen LogP contribution in [0.2, 0.25) is 5.02 Å². The second-order valence-corrected chi connectivity index (χ2v) is 7.40. The minimum Gasteiger partial charge on any atom is -0.493 e. The van der Waals surface area contributed by atoms with E-state index in [1.807, 2.05) is 0 Å². The minimum atomic E-state index is -3.56. The first kappa shape index (κ1) is 19.2. The highest BCUT2D eigenvalue weighted by molar-refractivity contribution is 7.85. The number of carboxylic acids is 1. The van der Waals surface area contributed by atoms with Gasteiger partial charge in [0.05, 0.1) is 25.0 Å². The Morgan fingerprint density at radius 2 is 1.84 bits per heavy atom. The molecule has 0 aliphatic heterocycles. The highest BCUT2D eigenvalue weighted by Crippen LogP contribution is 2.25. The zero-order valence-electron chi connectivity index (χ0n) is 13.4. The molecule has 0 heterocycles. The lowest BCUT2D eigenvalue weighted by atomic mass is 10.1. The average molecular weight is 385 g/mol. The van der Waals surface area contributed by atoms with E-state index in [2.05, 4.69) is 0 Å². The SMILES string of the molecule is CS(=O)(=O)OCc1ccc(Cl)cc1OCCc1ccc(C(=O)O)cc1. The van der Waals surface area contributed by atoms with Crippen LogP contribution >= 0.6 is 11.6 Å². The quantitative estimate of drug-likeness (QED) is 0.703. The van der Waals surface area contributed by atoms with Gasteiger partial charge in [0, 0.05) is 17.0 Å². The topological polar surface area (TPSA) is 89.9 Å². The fourth-order valence-corrected chi connectivity index (χ4v) is 2.55. The Hall–Kier alpha value is -2.09. The molecule has 25 heavy (non-hydrogen) atoms. The van der Waals surface area contributed by atoms with Crippen molar-refractivity contribution in [2.75, 3.05) is 12.9 Å². The molecule has 1 N–H and O–H groups in total. The van der Waals surface area contributed by atoms with Crippen LogP contribution in [0.1, 0.15) is 21.5 Å². The summed E-state index contributed by atoms with van der Waals surface area (Å²) in [6.07, 6.45) is 1.53. The molecule has 0 bridgehead atoms. The number of carboxylic acid groups (broad SMARTS) is 1. The highest BCUT2D eigenvalue weighted by atomic mass is 35.5. The molecule has 2 aromatic carbocycles. The van der Waals surface area contributed by atoms with Gasteiger partial charge in [-0.15, -0.1) is 0 Å². The van der Waals surface area contributed by atoms with E-state index in [9.17, 15) is 13.2 Å². The monoisotopic (exact) mass is 384 g/mol. The number of benzene rings is 2. The van der Waals surface area contributed by atoms with Crippen LogP contribution in [0.5, 0.6) is 5.75 Å². The molecule has 0 amide bonds. The molecule has 2 rings (SSSR count). The van der Waals surface area contributed by atoms with Crippen LogP contribution in [-0.2, 0) is 27.3 Å². The third kappa shape index (κ3) is 6.38. The number of hydrogen-bond donors (Lipinski definition) is 1. The maximum Gasteiger partial charge on any atom is 0.335 e. The van der Waals surface area contributed by atoms with Gasteiger partial charge in [-0.2, -0.15) is 8.42 Å². The van der Waals surface area contributed by atoms with Gasteiger partial charge in [0.1, 0.15) is 5.75 Å². The van der Waals surface area contributed by atoms with Crippen LogP contribution in [0.15, 0.2) is 42.5 Å². The van der Waals surface area contributed by atoms with Crippen LogP contribution in [0.25, 0.3) is 0 Å². The summed E-state index contributed by atoms with van der Waals surface area (Å²) in [5, 5.41) is 9.33. The standard InChI is InChI=1S/C17H17ClO6S/c1-25(21,22)24-11-14-6-7-15(18)10-16(14)23-9-8-12-2-4-13(5-3-12)17(19)20/h2-7,10H,8-9,11H2,1H3,(H,19,20). The molecule has 134 valence electrons. The van der Waals surface area contributed by atoms with Gasteiger partial charge in [0.15, 0.2) is 0 Å². The Labute approximate surface area is 151 Å². The Morgan fingerprint density at radius 3 is 2.44 bits per heavy atom. The normalized spacial score (nSPS) is 11.3. The van der Waals surface area contributed by atoms with Crippen molar-refractivity contribution < 1.29 is 27.2 Å². The van der Waals surface area contributed by atoms with Crippen LogP contribution in [0.3, 0.4) is 0 Å². The van der Waals surface area contributed by atoms with Crippen LogP contribution in [0, 0.1) is 0 Å². The molecule has 6 nitrogen and oxygen atoms in total. The zero-order chi connectivity index (χ0) is 18.4. The third-order valence-corrected chi connectivity index (χ3v) is 4.09. The summed E-state index contributed by atoms with van der Waals surface area (Å²) < 4.78 is 32.7. The summed E-state index contributed by atoms with van der Waals surface area (Å²) in [5.74, 6) is -0.532. The molecule has 0 radical (unpaired) electrons. The van der Waals surface area contributed by atoms with E-state index >= 15 is 0 Å². The molecule has 0 fully saturated rings. The summed E-state index contributed by atoms with van der Waals surface area (Å²) in [4.78, 5) is 10.8. The van der Waals surface area contributed by atoms with Gasteiger partial charge in [-0.3, -0.25) is 4.18 Å². The van der Waals surface area contributed by atoms with Crippen molar-refractivity contribution in [3.8, 4) is 5.75 Å². The van der Waals surface area contributed by atoms with Gasteiger partial charge in [-0.1, -0.05) is 29.8 Å². The number of hydrogen-bond acceptors (Lipinski definition) is 5. The predicted molar refractivity (Wildman–Crippen MR) is 93.7 cm³/mol. The Bertz CT molecular complexity index is 846. The largest absolute Gasteiger partial charge is 0.493 e. The summed E-state index contributed by atoms with van der Waals surface area (Å²) in [6, 6.07) is 11.4. The van der Waals surface area contributed by atoms with E-state index in [-0.39, 0.29) is 12.2 Å². The molecule has 0 aliphatic carbocycles. The summed E-state index contributed by atoms with van der Waals surface area (Å²) in [7, 11) is -3.56. The molecule has 2 aromatic rings. The van der Waals surface area contributed by atoms with Gasteiger partial charge in [-0.25, -0.2) is 4.79 Å². The van der Waals surface area contributed by atoms with E-state index in [1.54, 1.807) is 30.3 Å². The molecule has 0 saturated carbocycles. The third-order valence-electron chi connectivity index (χ3n) is 3.31. The van der Waals surface area contributed by atoms with Crippen molar-refractivity contribution in [1.82, 2.24) is 0 Å². The van der Waals surface area contributed by atoms with Crippen molar-refractivity contribution in [3.05, 3.63) is 64.2 Å². The molecule has 0 spiro atoms. The lowest BCUT2D eigenvalue weighted by Crippen LogP contribution is -2.07. The lowest BCUT2D eigenvalue weighted by molar-refractivity contribution is 0.0697. The molecule has 8 heteroatoms. The van der Waals surface area contributed by atoms with Crippen molar-refractivity contribution in [3.63, 3.8) is 0 Å². The summed E-state index contributed by atoms with van der Waals surface area (Å²) >= 11 is 5.96. The molecule has 0 aliphatic rings. The Balaban J connectivity index is 1.99. The number of rotatable bonds is 8. The first-order valence-corrected chi connectivity index (χ1v) is 9.52. The van der Waals surface area contributed by atoms with Gasteiger partial charge >= 0.3 is 5.97 Å². The maximum atomic E-state index is 11.1. The fraction of sp³-hybridized carbons (Fsp3) is 0.235. The number of halogens is 1. The molecule has 0 atom stereocenters. The second-order valence-electron chi connectivity index (χ2n) is 5.32. The van der Waals surface area contributed by atoms with E-state index in [0.29, 0.717) is 29.4 Å². The first-order chi connectivity index (χ1) is 11.7. The molecular weight excluding hydrogens is 368 g/mol. The van der Waals surface area contributed by atoms with Crippen LogP contribution in [0.4, 0.5) is 0 Å². The van der Waals surface area contributed by atoms with Gasteiger partial charge in [0.2, 0.25) is 0 Å².